The van der Waals surface area contributed by atoms with Gasteiger partial charge in [0.25, 0.3) is 0 Å². The van der Waals surface area contributed by atoms with Crippen LogP contribution in [0.25, 0.3) is 0 Å². The molecule has 0 aromatic heterocycles. The van der Waals surface area contributed by atoms with Crippen LogP contribution in [-0.2, 0) is 0 Å². The first-order chi connectivity index (χ1) is 11.8. The molecule has 0 amide bonds. The number of methoxy groups -OCH3 is 1. The van der Waals surface area contributed by atoms with E-state index in [4.69, 9.17) is 4.74 Å². The minimum Gasteiger partial charge on any atom is -0.497 e. The van der Waals surface area contributed by atoms with Crippen molar-refractivity contribution in [2.24, 2.45) is 4.99 Å². The molecule has 0 N–H and O–H groups in total. The van der Waals surface area contributed by atoms with Crippen molar-refractivity contribution in [1.82, 2.24) is 0 Å². The summed E-state index contributed by atoms with van der Waals surface area (Å²) in [6, 6.07) is 25.6. The highest BCUT2D eigenvalue weighted by Gasteiger charge is 1.97. The SMILES string of the molecule is COc1cccc(N=Cc2ccccc2C#Cc2ccccc2)c1. The molecule has 3 rings (SSSR count). The number of ether oxygens (including phenoxy) is 1. The first-order valence-corrected chi connectivity index (χ1v) is 7.69. The van der Waals surface area contributed by atoms with Crippen molar-refractivity contribution in [2.45, 2.75) is 0 Å². The number of benzene rings is 3. The Kier molecular flexibility index (Phi) is 5.07. The van der Waals surface area contributed by atoms with Crippen molar-refractivity contribution >= 4 is 11.9 Å². The van der Waals surface area contributed by atoms with Crippen molar-refractivity contribution in [1.29, 1.82) is 0 Å². The fourth-order valence-corrected chi connectivity index (χ4v) is 2.22. The molecule has 0 atom stereocenters. The molecule has 0 saturated heterocycles. The molecule has 0 spiro atoms. The number of rotatable bonds is 3. The molecule has 0 heterocycles. The summed E-state index contributed by atoms with van der Waals surface area (Å²) in [7, 11) is 1.65. The van der Waals surface area contributed by atoms with Gasteiger partial charge in [-0.1, -0.05) is 54.3 Å². The van der Waals surface area contributed by atoms with Gasteiger partial charge < -0.3 is 4.74 Å². The van der Waals surface area contributed by atoms with Crippen LogP contribution in [0.4, 0.5) is 5.69 Å². The number of hydrogen-bond donors (Lipinski definition) is 0. The van der Waals surface area contributed by atoms with E-state index in [2.05, 4.69) is 16.8 Å². The molecule has 0 aliphatic carbocycles. The molecule has 3 aromatic rings. The van der Waals surface area contributed by atoms with Gasteiger partial charge in [-0.15, -0.1) is 0 Å². The molecular weight excluding hydrogens is 294 g/mol. The summed E-state index contributed by atoms with van der Waals surface area (Å²) in [5, 5.41) is 0. The summed E-state index contributed by atoms with van der Waals surface area (Å²) in [5.74, 6) is 7.20. The van der Waals surface area contributed by atoms with E-state index in [-0.39, 0.29) is 0 Å². The summed E-state index contributed by atoms with van der Waals surface area (Å²) in [5.41, 5.74) is 3.79. The van der Waals surface area contributed by atoms with E-state index in [9.17, 15) is 0 Å². The van der Waals surface area contributed by atoms with Gasteiger partial charge in [0.05, 0.1) is 12.8 Å². The van der Waals surface area contributed by atoms with Gasteiger partial charge in [0.2, 0.25) is 0 Å². The second kappa shape index (κ2) is 7.80. The zero-order valence-electron chi connectivity index (χ0n) is 13.4. The normalized spacial score (nSPS) is 10.2. The van der Waals surface area contributed by atoms with Crippen LogP contribution in [0.3, 0.4) is 0 Å². The Morgan fingerprint density at radius 2 is 1.62 bits per heavy atom. The lowest BCUT2D eigenvalue weighted by molar-refractivity contribution is 0.415. The number of hydrogen-bond acceptors (Lipinski definition) is 2. The third-order valence-electron chi connectivity index (χ3n) is 3.48. The molecule has 0 fully saturated rings. The smallest absolute Gasteiger partial charge is 0.121 e. The predicted molar refractivity (Wildman–Crippen MR) is 99.1 cm³/mol. The standard InChI is InChI=1S/C22H17NO/c1-24-22-13-7-12-21(16-22)23-17-20-11-6-5-10-19(20)15-14-18-8-3-2-4-9-18/h2-13,16-17H,1H3. The Bertz CT molecular complexity index is 902. The van der Waals surface area contributed by atoms with Gasteiger partial charge in [0.15, 0.2) is 0 Å². The van der Waals surface area contributed by atoms with E-state index in [1.54, 1.807) is 7.11 Å². The molecule has 0 radical (unpaired) electrons. The van der Waals surface area contributed by atoms with Crippen LogP contribution < -0.4 is 4.74 Å². The minimum atomic E-state index is 0.793. The van der Waals surface area contributed by atoms with Gasteiger partial charge in [-0.3, -0.25) is 4.99 Å². The lowest BCUT2D eigenvalue weighted by Gasteiger charge is -2.01. The third-order valence-corrected chi connectivity index (χ3v) is 3.48. The Labute approximate surface area is 142 Å². The van der Waals surface area contributed by atoms with Crippen LogP contribution in [0.2, 0.25) is 0 Å². The van der Waals surface area contributed by atoms with Crippen LogP contribution in [-0.4, -0.2) is 13.3 Å². The average molecular weight is 311 g/mol. The monoisotopic (exact) mass is 311 g/mol. The molecule has 0 saturated carbocycles. The maximum atomic E-state index is 5.22. The van der Waals surface area contributed by atoms with Gasteiger partial charge in [-0.2, -0.15) is 0 Å². The first-order valence-electron chi connectivity index (χ1n) is 7.69. The Balaban J connectivity index is 1.87. The second-order valence-electron chi connectivity index (χ2n) is 5.16. The highest BCUT2D eigenvalue weighted by Crippen LogP contribution is 2.19. The Hall–Kier alpha value is -3.31. The van der Waals surface area contributed by atoms with Gasteiger partial charge >= 0.3 is 0 Å². The molecule has 0 unspecified atom stereocenters. The third kappa shape index (κ3) is 4.12. The fraction of sp³-hybridized carbons (Fsp3) is 0.0455. The predicted octanol–water partition coefficient (Wildman–Crippen LogP) is 4.85. The van der Waals surface area contributed by atoms with Crippen molar-refractivity contribution in [3.8, 4) is 17.6 Å². The maximum absolute atomic E-state index is 5.22. The lowest BCUT2D eigenvalue weighted by Crippen LogP contribution is -1.87. The molecule has 0 aliphatic heterocycles. The van der Waals surface area contributed by atoms with Crippen LogP contribution in [0.1, 0.15) is 16.7 Å². The van der Waals surface area contributed by atoms with Crippen molar-refractivity contribution < 1.29 is 4.74 Å². The summed E-state index contributed by atoms with van der Waals surface area (Å²) in [6.45, 7) is 0. The summed E-state index contributed by atoms with van der Waals surface area (Å²) < 4.78 is 5.22. The molecule has 2 heteroatoms. The Morgan fingerprint density at radius 3 is 2.46 bits per heavy atom. The zero-order chi connectivity index (χ0) is 16.6. The largest absolute Gasteiger partial charge is 0.497 e. The van der Waals surface area contributed by atoms with Gasteiger partial charge in [-0.25, -0.2) is 0 Å². The summed E-state index contributed by atoms with van der Waals surface area (Å²) in [6.07, 6.45) is 1.84. The first kappa shape index (κ1) is 15.6. The van der Waals surface area contributed by atoms with E-state index in [0.29, 0.717) is 0 Å². The highest BCUT2D eigenvalue weighted by molar-refractivity contribution is 5.85. The van der Waals surface area contributed by atoms with Crippen molar-refractivity contribution in [3.63, 3.8) is 0 Å². The van der Waals surface area contributed by atoms with Gasteiger partial charge in [0, 0.05) is 29.0 Å². The lowest BCUT2D eigenvalue weighted by atomic mass is 10.1. The maximum Gasteiger partial charge on any atom is 0.121 e. The molecule has 0 aliphatic rings. The molecule has 2 nitrogen and oxygen atoms in total. The van der Waals surface area contributed by atoms with E-state index in [1.807, 2.05) is 85.1 Å². The molecular formula is C22H17NO. The zero-order valence-corrected chi connectivity index (χ0v) is 13.4. The topological polar surface area (TPSA) is 21.6 Å². The number of nitrogens with zero attached hydrogens (tertiary/aromatic N) is 1. The van der Waals surface area contributed by atoms with Crippen molar-refractivity contribution in [2.75, 3.05) is 7.11 Å². The molecule has 3 aromatic carbocycles. The van der Waals surface area contributed by atoms with Gasteiger partial charge in [-0.05, 0) is 30.3 Å². The highest BCUT2D eigenvalue weighted by atomic mass is 16.5. The van der Waals surface area contributed by atoms with Crippen LogP contribution in [0.5, 0.6) is 5.75 Å². The quantitative estimate of drug-likeness (QED) is 0.501. The molecule has 24 heavy (non-hydrogen) atoms. The van der Waals surface area contributed by atoms with Gasteiger partial charge in [0.1, 0.15) is 5.75 Å². The average Bonchev–Trinajstić information content (AvgIpc) is 2.66. The van der Waals surface area contributed by atoms with Crippen LogP contribution in [0, 0.1) is 11.8 Å². The second-order valence-corrected chi connectivity index (χ2v) is 5.16. The number of aliphatic imine (C=N–C) groups is 1. The van der Waals surface area contributed by atoms with E-state index in [0.717, 1.165) is 28.1 Å². The van der Waals surface area contributed by atoms with E-state index < -0.39 is 0 Å². The molecule has 0 bridgehead atoms. The molecule has 116 valence electrons. The van der Waals surface area contributed by atoms with Crippen LogP contribution in [0.15, 0.2) is 83.9 Å². The van der Waals surface area contributed by atoms with Crippen LogP contribution >= 0.6 is 0 Å². The van der Waals surface area contributed by atoms with E-state index >= 15 is 0 Å². The Morgan fingerprint density at radius 1 is 0.833 bits per heavy atom. The summed E-state index contributed by atoms with van der Waals surface area (Å²) >= 11 is 0. The van der Waals surface area contributed by atoms with Crippen molar-refractivity contribution in [3.05, 3.63) is 95.6 Å². The minimum absolute atomic E-state index is 0.793. The summed E-state index contributed by atoms with van der Waals surface area (Å²) in [4.78, 5) is 4.53. The van der Waals surface area contributed by atoms with E-state index in [1.165, 1.54) is 0 Å². The fourth-order valence-electron chi connectivity index (χ4n) is 2.22.